The molecule has 0 radical (unpaired) electrons. The maximum Gasteiger partial charge on any atom is 0.312 e. The van der Waals surface area contributed by atoms with E-state index >= 15 is 0 Å². The number of hydrogen-bond acceptors (Lipinski definition) is 2. The van der Waals surface area contributed by atoms with Crippen LogP contribution >= 0.6 is 0 Å². The van der Waals surface area contributed by atoms with Gasteiger partial charge in [0.05, 0.1) is 5.92 Å². The molecule has 2 rings (SSSR count). The van der Waals surface area contributed by atoms with Crippen LogP contribution in [0.3, 0.4) is 0 Å². The minimum absolute atomic E-state index is 0.0415. The van der Waals surface area contributed by atoms with Gasteiger partial charge in [0.15, 0.2) is 0 Å². The third kappa shape index (κ3) is 5.17. The predicted octanol–water partition coefficient (Wildman–Crippen LogP) is 3.33. The lowest BCUT2D eigenvalue weighted by atomic mass is 9.99. The molecule has 4 heteroatoms. The summed E-state index contributed by atoms with van der Waals surface area (Å²) >= 11 is 0. The molecule has 0 saturated heterocycles. The van der Waals surface area contributed by atoms with Gasteiger partial charge in [0.2, 0.25) is 5.91 Å². The first-order valence-electron chi connectivity index (χ1n) is 8.21. The number of benzene rings is 1. The van der Waals surface area contributed by atoms with Crippen molar-refractivity contribution in [3.63, 3.8) is 0 Å². The van der Waals surface area contributed by atoms with E-state index in [1.807, 2.05) is 18.2 Å². The highest BCUT2D eigenvalue weighted by Gasteiger charge is 2.20. The quantitative estimate of drug-likeness (QED) is 0.774. The maximum atomic E-state index is 11.9. The molecular weight excluding hydrogens is 278 g/mol. The van der Waals surface area contributed by atoms with Crippen molar-refractivity contribution in [1.82, 2.24) is 5.32 Å². The summed E-state index contributed by atoms with van der Waals surface area (Å²) < 4.78 is 0. The van der Waals surface area contributed by atoms with Gasteiger partial charge in [-0.05, 0) is 24.3 Å². The monoisotopic (exact) mass is 303 g/mol. The third-order valence-corrected chi connectivity index (χ3v) is 4.49. The molecule has 1 unspecified atom stereocenters. The molecule has 0 bridgehead atoms. The summed E-state index contributed by atoms with van der Waals surface area (Å²) in [6, 6.07) is 9.05. The number of carboxylic acid groups (broad SMARTS) is 1. The van der Waals surface area contributed by atoms with Gasteiger partial charge in [0, 0.05) is 13.0 Å². The summed E-state index contributed by atoms with van der Waals surface area (Å²) in [5.41, 5.74) is 0.723. The van der Waals surface area contributed by atoms with Crippen molar-refractivity contribution in [3.05, 3.63) is 35.9 Å². The molecule has 1 aliphatic carbocycles. The first-order chi connectivity index (χ1) is 10.7. The molecular formula is C18H25NO3. The average Bonchev–Trinajstić information content (AvgIpc) is 3.01. The molecule has 1 fully saturated rings. The van der Waals surface area contributed by atoms with Crippen LogP contribution in [0.15, 0.2) is 30.3 Å². The first-order valence-corrected chi connectivity index (χ1v) is 8.21. The van der Waals surface area contributed by atoms with Crippen LogP contribution in [-0.2, 0) is 9.59 Å². The molecule has 0 aromatic heterocycles. The standard InChI is InChI=1S/C18H25NO3/c20-17(12-6-9-14-7-4-5-8-14)19-13-16(18(21)22)15-10-2-1-3-11-15/h1-3,10-11,14,16H,4-9,12-13H2,(H,19,20)(H,21,22). The molecule has 1 amide bonds. The number of carboxylic acids is 1. The number of rotatable bonds is 8. The predicted molar refractivity (Wildman–Crippen MR) is 85.6 cm³/mol. The summed E-state index contributed by atoms with van der Waals surface area (Å²) in [7, 11) is 0. The second-order valence-electron chi connectivity index (χ2n) is 6.15. The van der Waals surface area contributed by atoms with E-state index in [-0.39, 0.29) is 12.5 Å². The van der Waals surface area contributed by atoms with E-state index in [4.69, 9.17) is 0 Å². The number of nitrogens with one attached hydrogen (secondary N) is 1. The van der Waals surface area contributed by atoms with E-state index < -0.39 is 11.9 Å². The molecule has 4 nitrogen and oxygen atoms in total. The fourth-order valence-corrected chi connectivity index (χ4v) is 3.19. The highest BCUT2D eigenvalue weighted by Crippen LogP contribution is 2.28. The zero-order valence-electron chi connectivity index (χ0n) is 13.0. The van der Waals surface area contributed by atoms with Crippen LogP contribution in [0.4, 0.5) is 0 Å². The Balaban J connectivity index is 1.72. The maximum absolute atomic E-state index is 11.9. The summed E-state index contributed by atoms with van der Waals surface area (Å²) in [6.45, 7) is 0.154. The lowest BCUT2D eigenvalue weighted by molar-refractivity contribution is -0.138. The zero-order chi connectivity index (χ0) is 15.8. The molecule has 1 aromatic carbocycles. The molecule has 1 aliphatic rings. The summed E-state index contributed by atoms with van der Waals surface area (Å²) in [6.07, 6.45) is 7.78. The molecule has 1 atom stereocenters. The Hall–Kier alpha value is -1.84. The largest absolute Gasteiger partial charge is 0.481 e. The van der Waals surface area contributed by atoms with Crippen molar-refractivity contribution in [2.75, 3.05) is 6.54 Å². The van der Waals surface area contributed by atoms with Gasteiger partial charge in [-0.2, -0.15) is 0 Å². The van der Waals surface area contributed by atoms with Gasteiger partial charge in [-0.15, -0.1) is 0 Å². The highest BCUT2D eigenvalue weighted by atomic mass is 16.4. The van der Waals surface area contributed by atoms with Gasteiger partial charge in [-0.3, -0.25) is 9.59 Å². The minimum atomic E-state index is -0.905. The lowest BCUT2D eigenvalue weighted by Gasteiger charge is -2.14. The van der Waals surface area contributed by atoms with Gasteiger partial charge in [0.1, 0.15) is 0 Å². The first kappa shape index (κ1) is 16.5. The van der Waals surface area contributed by atoms with Gasteiger partial charge >= 0.3 is 5.97 Å². The molecule has 22 heavy (non-hydrogen) atoms. The van der Waals surface area contributed by atoms with Crippen molar-refractivity contribution in [1.29, 1.82) is 0 Å². The second kappa shape index (κ2) is 8.57. The van der Waals surface area contributed by atoms with Gasteiger partial charge in [-0.25, -0.2) is 0 Å². The number of aliphatic carboxylic acids is 1. The van der Waals surface area contributed by atoms with Gasteiger partial charge in [0.25, 0.3) is 0 Å². The Morgan fingerprint density at radius 1 is 1.18 bits per heavy atom. The number of carbonyl (C=O) groups excluding carboxylic acids is 1. The van der Waals surface area contributed by atoms with Crippen LogP contribution in [0, 0.1) is 5.92 Å². The van der Waals surface area contributed by atoms with E-state index in [0.717, 1.165) is 24.3 Å². The van der Waals surface area contributed by atoms with Crippen LogP contribution in [0.1, 0.15) is 56.4 Å². The zero-order valence-corrected chi connectivity index (χ0v) is 13.0. The molecule has 1 saturated carbocycles. The van der Waals surface area contributed by atoms with Crippen LogP contribution in [0.2, 0.25) is 0 Å². The molecule has 120 valence electrons. The van der Waals surface area contributed by atoms with Crippen molar-refractivity contribution in [2.24, 2.45) is 5.92 Å². The molecule has 1 aromatic rings. The number of hydrogen-bond donors (Lipinski definition) is 2. The third-order valence-electron chi connectivity index (χ3n) is 4.49. The molecule has 0 spiro atoms. The molecule has 0 aliphatic heterocycles. The summed E-state index contributed by atoms with van der Waals surface area (Å²) in [5, 5.41) is 12.1. The van der Waals surface area contributed by atoms with Crippen molar-refractivity contribution in [3.8, 4) is 0 Å². The Kier molecular flexibility index (Phi) is 6.44. The van der Waals surface area contributed by atoms with E-state index in [2.05, 4.69) is 5.32 Å². The van der Waals surface area contributed by atoms with Crippen LogP contribution in [0.5, 0.6) is 0 Å². The van der Waals surface area contributed by atoms with Crippen LogP contribution in [-0.4, -0.2) is 23.5 Å². The Labute approximate surface area is 131 Å². The van der Waals surface area contributed by atoms with Crippen molar-refractivity contribution < 1.29 is 14.7 Å². The van der Waals surface area contributed by atoms with E-state index in [0.29, 0.717) is 6.42 Å². The van der Waals surface area contributed by atoms with Crippen LogP contribution in [0.25, 0.3) is 0 Å². The SMILES string of the molecule is O=C(CCCC1CCCC1)NCC(C(=O)O)c1ccccc1. The fraction of sp³-hybridized carbons (Fsp3) is 0.556. The summed E-state index contributed by atoms with van der Waals surface area (Å²) in [5.74, 6) is -0.832. The van der Waals surface area contributed by atoms with Crippen molar-refractivity contribution >= 4 is 11.9 Å². The number of carbonyl (C=O) groups is 2. The lowest BCUT2D eigenvalue weighted by Crippen LogP contribution is -2.31. The normalized spacial score (nSPS) is 16.4. The second-order valence-corrected chi connectivity index (χ2v) is 6.15. The highest BCUT2D eigenvalue weighted by molar-refractivity contribution is 5.79. The van der Waals surface area contributed by atoms with E-state index in [1.165, 1.54) is 25.7 Å². The Morgan fingerprint density at radius 3 is 2.50 bits per heavy atom. The van der Waals surface area contributed by atoms with Gasteiger partial charge in [-0.1, -0.05) is 56.0 Å². The van der Waals surface area contributed by atoms with Crippen LogP contribution < -0.4 is 5.32 Å². The number of amides is 1. The van der Waals surface area contributed by atoms with Gasteiger partial charge < -0.3 is 10.4 Å². The van der Waals surface area contributed by atoms with E-state index in [9.17, 15) is 14.7 Å². The Bertz CT molecular complexity index is 480. The van der Waals surface area contributed by atoms with Crippen molar-refractivity contribution in [2.45, 2.75) is 50.9 Å². The minimum Gasteiger partial charge on any atom is -0.481 e. The topological polar surface area (TPSA) is 66.4 Å². The molecule has 2 N–H and O–H groups in total. The molecule has 0 heterocycles. The summed E-state index contributed by atoms with van der Waals surface area (Å²) in [4.78, 5) is 23.2. The Morgan fingerprint density at radius 2 is 1.86 bits per heavy atom. The average molecular weight is 303 g/mol. The smallest absolute Gasteiger partial charge is 0.312 e. The van der Waals surface area contributed by atoms with E-state index in [1.54, 1.807) is 12.1 Å². The fourth-order valence-electron chi connectivity index (χ4n) is 3.19.